The molecule has 10 N–H and O–H groups in total. The van der Waals surface area contributed by atoms with Crippen LogP contribution in [-0.4, -0.2) is 320 Å². The van der Waals surface area contributed by atoms with E-state index < -0.39 is 197 Å². The van der Waals surface area contributed by atoms with Crippen molar-refractivity contribution in [1.29, 1.82) is 0 Å². The number of hydrogen-bond acceptors (Lipinski definition) is 31. The van der Waals surface area contributed by atoms with Crippen molar-refractivity contribution in [2.45, 2.75) is 254 Å². The van der Waals surface area contributed by atoms with Gasteiger partial charge in [-0.15, -0.1) is 0 Å². The van der Waals surface area contributed by atoms with Gasteiger partial charge in [-0.2, -0.15) is 0 Å². The molecule has 0 amide bonds. The van der Waals surface area contributed by atoms with Crippen LogP contribution in [0.3, 0.4) is 0 Å². The molecule has 4 unspecified atom stereocenters. The van der Waals surface area contributed by atoms with Gasteiger partial charge in [0.1, 0.15) is 128 Å². The first-order valence-corrected chi connectivity index (χ1v) is 52.3. The maximum absolute atomic E-state index is 12.2. The number of sulfone groups is 1. The molecule has 25 atom stereocenters. The van der Waals surface area contributed by atoms with Crippen LogP contribution in [0, 0.1) is 5.92 Å². The molecule has 0 bridgehead atoms. The van der Waals surface area contributed by atoms with Crippen LogP contribution in [0.15, 0.2) is 122 Å². The van der Waals surface area contributed by atoms with Crippen molar-refractivity contribution in [2.24, 2.45) is 5.92 Å². The third kappa shape index (κ3) is 37.4. The minimum Gasteiger partial charge on any atom is -0.386 e. The van der Waals surface area contributed by atoms with E-state index in [-0.39, 0.29) is 105 Å². The van der Waals surface area contributed by atoms with Crippen molar-refractivity contribution in [3.8, 4) is 0 Å². The summed E-state index contributed by atoms with van der Waals surface area (Å²) in [5.41, 5.74) is -2.38. The fourth-order valence-corrected chi connectivity index (χ4v) is 16.9. The molecule has 7 aliphatic rings. The van der Waals surface area contributed by atoms with Crippen LogP contribution in [-0.2, 0) is 123 Å². The van der Waals surface area contributed by atoms with Crippen LogP contribution in [0.25, 0.3) is 0 Å². The van der Waals surface area contributed by atoms with Crippen LogP contribution in [0.1, 0.15) is 119 Å². The van der Waals surface area contributed by atoms with Gasteiger partial charge in [-0.3, -0.25) is 51.5 Å². The zero-order valence-electron chi connectivity index (χ0n) is 79.1. The number of nitrogens with one attached hydrogen (secondary N) is 2. The molecule has 10 rings (SSSR count). The van der Waals surface area contributed by atoms with E-state index in [9.17, 15) is 74.9 Å². The van der Waals surface area contributed by atoms with Gasteiger partial charge in [0, 0.05) is 104 Å². The van der Waals surface area contributed by atoms with E-state index in [1.54, 1.807) is 14.2 Å². The molecule has 42 nitrogen and oxygen atoms in total. The Morgan fingerprint density at radius 3 is 1.29 bits per heavy atom. The van der Waals surface area contributed by atoms with Crippen molar-refractivity contribution >= 4 is 47.1 Å². The highest BCUT2D eigenvalue weighted by Crippen LogP contribution is 2.63. The molecular formula is C79H133N4O38P5S. The zero-order valence-corrected chi connectivity index (χ0v) is 80.4. The molecule has 1 aliphatic carbocycles. The van der Waals surface area contributed by atoms with Gasteiger partial charge < -0.3 is 129 Å². The summed E-state index contributed by atoms with van der Waals surface area (Å²) in [6.07, 6.45) is -9.49. The molecule has 8 heterocycles. The number of nitrogens with zero attached hydrogens (tertiary/aromatic N) is 2. The fourth-order valence-electron chi connectivity index (χ4n) is 13.9. The molecule has 127 heavy (non-hydrogen) atoms. The van der Waals surface area contributed by atoms with E-state index in [4.69, 9.17) is 110 Å². The van der Waals surface area contributed by atoms with Crippen molar-refractivity contribution in [2.75, 3.05) is 107 Å². The Bertz CT molecular complexity index is 4760. The maximum Gasteiger partial charge on any atom is 0.348 e. The normalized spacial score (nSPS) is 31.9. The minimum atomic E-state index is -4.39. The summed E-state index contributed by atoms with van der Waals surface area (Å²) in [6.45, 7) is 25.4. The van der Waals surface area contributed by atoms with Crippen LogP contribution in [0.5, 0.6) is 0 Å². The van der Waals surface area contributed by atoms with Crippen molar-refractivity contribution < 1.29 is 166 Å². The number of aliphatic hydroxyl groups is 1. The first-order valence-electron chi connectivity index (χ1n) is 42.5. The summed E-state index contributed by atoms with van der Waals surface area (Å²) in [6, 6.07) is 11.4. The van der Waals surface area contributed by atoms with Gasteiger partial charge in [-0.1, -0.05) is 30.3 Å². The van der Waals surface area contributed by atoms with Gasteiger partial charge in [-0.25, -0.2) is 18.0 Å². The molecule has 6 aliphatic heterocycles. The lowest BCUT2D eigenvalue weighted by Gasteiger charge is -2.26. The molecule has 1 saturated carbocycles. The molecule has 1 spiro atoms. The smallest absolute Gasteiger partial charge is 0.348 e. The Morgan fingerprint density at radius 1 is 0.512 bits per heavy atom. The van der Waals surface area contributed by atoms with Gasteiger partial charge in [0.2, 0.25) is 22.1 Å². The second kappa shape index (κ2) is 51.3. The summed E-state index contributed by atoms with van der Waals surface area (Å²) >= 11 is 0. The summed E-state index contributed by atoms with van der Waals surface area (Å²) in [5, 5.41) is 8.76. The van der Waals surface area contributed by atoms with Crippen LogP contribution >= 0.6 is 37.3 Å². The third-order valence-corrected chi connectivity index (χ3v) is 23.2. The highest BCUT2D eigenvalue weighted by Gasteiger charge is 2.71. The molecule has 2 aromatic heterocycles. The molecule has 1 aromatic carbocycles. The minimum absolute atomic E-state index is 0.0338. The van der Waals surface area contributed by atoms with Crippen LogP contribution < -0.4 is 22.5 Å². The van der Waals surface area contributed by atoms with E-state index in [1.165, 1.54) is 75.4 Å². The Morgan fingerprint density at radius 2 is 0.913 bits per heavy atom. The predicted molar refractivity (Wildman–Crippen MR) is 465 cm³/mol. The number of rotatable bonds is 36. The predicted octanol–water partition coefficient (Wildman–Crippen LogP) is 5.84. The van der Waals surface area contributed by atoms with E-state index in [2.05, 4.69) is 9.97 Å². The van der Waals surface area contributed by atoms with E-state index in [0.29, 0.717) is 18.8 Å². The number of hydrogen-bond donors (Lipinski definition) is 10. The lowest BCUT2D eigenvalue weighted by atomic mass is 10.0. The average molecular weight is 1940 g/mol. The van der Waals surface area contributed by atoms with Crippen LogP contribution in [0.2, 0.25) is 0 Å². The number of H-pyrrole nitrogens is 2. The van der Waals surface area contributed by atoms with Gasteiger partial charge in [0.25, 0.3) is 11.1 Å². The lowest BCUT2D eigenvalue weighted by Crippen LogP contribution is -2.41. The second-order valence-corrected chi connectivity index (χ2v) is 43.8. The van der Waals surface area contributed by atoms with Crippen molar-refractivity contribution in [1.82, 2.24) is 19.1 Å². The molecule has 0 radical (unpaired) electrons. The molecular weight excluding hydrogens is 1800 g/mol. The van der Waals surface area contributed by atoms with Crippen LogP contribution in [0.4, 0.5) is 0 Å². The second-order valence-electron chi connectivity index (χ2n) is 32.2. The molecule has 48 heteroatoms. The summed E-state index contributed by atoms with van der Waals surface area (Å²) in [7, 11) is -13.6. The quantitative estimate of drug-likeness (QED) is 0.0306. The average Bonchev–Trinajstić information content (AvgIpc) is 1.53. The highest BCUT2D eigenvalue weighted by molar-refractivity contribution is 7.90. The molecule has 3 aromatic rings. The standard InChI is InChI=1S/C17H25O5P.C15H23N2O8P.C15H24N2O8S.C11H21O6P.C11H21O5P.C10H19O6P/c1-12(2)21-16-14(10-11-23(4,18)19)22-15(17(16)20-3)13-8-6-5-7-9-13;1-8(2)24-12-11(23-3)13(17-5-4-10(18)16-14(17)19)25-15(12)6-9(15)7-26(20,21)22;1-9(2)24-12-10(7-23-8-26(4,20)21)25-14(13(12)22-3)17-6-5-11(18)16-15(17)19;1-8(2)17-11-9(16-6-10(11)15-3)4-5-18(13,14)7-12;1-8(2)16-11-9(5-6-17(4,12)13)15-7-10(11)14-3;1-7(2)16-10-8(4-5-17(11,12)13)15-6-9(10)14-3/h5-12,14-17H,1-4H3,(H,18,19);4-5,8-9,11-13H,6-7H2,1-3H3,(H,16,18,19)(H2,20,21,22);5-6,9-10,12-14H,7-8H2,1-4H3,(H,16,18,19);4-5,8-12H,6-7H2,1-3H3,(H,13,14);5-6,8-11H,7H2,1-4H3,(H,12,13);4-5,7-10H,6H2,1-3H3,(H2,11,12,13)/b11-10+;;;5-4+;6-5+;5-4+/t14-,15+,16-,17+;9?,11-,12+,13-,15-;10-,12-,13-,14-;2*9-,10+,11-;8-,9+,10-/m111111/s1/i10D;;;4D;5D;4D. The highest BCUT2D eigenvalue weighted by atomic mass is 32.2. The largest absolute Gasteiger partial charge is 0.386 e. The van der Waals surface area contributed by atoms with Gasteiger partial charge in [0.15, 0.2) is 22.3 Å². The van der Waals surface area contributed by atoms with E-state index in [1.807, 2.05) is 113 Å². The Kier molecular flexibility index (Phi) is 42.9. The summed E-state index contributed by atoms with van der Waals surface area (Å²) in [5.74, 6) is 2.65. The number of methoxy groups -OCH3 is 6. The number of benzene rings is 1. The SMILES string of the molecule is CO[C@@H]1[C@H](OC(C)C)[C@@H](COCS(C)(=O)=O)O[C@H]1n1ccc(=O)[nH]c1=O.CO[C@H]1[C@H](n2ccc(=O)[nH]c2=O)O[C@@]2(CC2CP(=O)(O)O)[C@H]1OC(C)C.[2H]/C(=C\P(=O)(O)CO)[C@H]1OC[C@H](OC)[C@@H]1OC(C)C.[2H]/C(=C\P(=O)(O)O)[C@H]1OC[C@H](OC)[C@@H]1OC(C)C.[2H]/C(=C\P(C)(=O)O)[C@H]1OC[C@H](OC)[C@@H]1OC(C)C.[2H]/C(=C\P(C)(=O)O)[C@H]1O[C@@H](c2ccccc2)[C@H](OC)[C@@H]1OC(C)C. The summed E-state index contributed by atoms with van der Waals surface area (Å²) < 4.78 is 219. The lowest BCUT2D eigenvalue weighted by molar-refractivity contribution is -0.0895. The topological polar surface area (TPSA) is 566 Å². The summed E-state index contributed by atoms with van der Waals surface area (Å²) in [4.78, 5) is 116. The third-order valence-electron chi connectivity index (χ3n) is 19.0. The fraction of sp³-hybridized carbons (Fsp3) is 0.722. The van der Waals surface area contributed by atoms with E-state index in [0.717, 1.165) is 29.3 Å². The monoisotopic (exact) mass is 1940 g/mol. The van der Waals surface area contributed by atoms with Crippen molar-refractivity contribution in [3.05, 3.63) is 150 Å². The number of aliphatic hydroxyl groups excluding tert-OH is 1. The number of ether oxygens (including phenoxy) is 19. The Balaban J connectivity index is 0.000000280. The molecule has 7 fully saturated rings. The molecule has 6 saturated heterocycles. The zero-order chi connectivity index (χ0) is 99.1. The van der Waals surface area contributed by atoms with Gasteiger partial charge >= 0.3 is 26.6 Å². The van der Waals surface area contributed by atoms with E-state index >= 15 is 0 Å². The Hall–Kier alpha value is -4.44. The Labute approximate surface area is 745 Å². The first kappa shape index (κ1) is 106. The number of aromatic nitrogens is 4. The first-order chi connectivity index (χ1) is 60.7. The van der Waals surface area contributed by atoms with Gasteiger partial charge in [0.05, 0.1) is 74.7 Å². The van der Waals surface area contributed by atoms with Crippen molar-refractivity contribution in [3.63, 3.8) is 0 Å². The maximum atomic E-state index is 12.2. The molecule has 728 valence electrons. The number of aromatic amines is 2. The van der Waals surface area contributed by atoms with Gasteiger partial charge in [-0.05, 0) is 131 Å².